The Morgan fingerprint density at radius 1 is 1.53 bits per heavy atom. The molecule has 4 N–H and O–H groups in total. The first kappa shape index (κ1) is 12.0. The molecule has 0 aromatic carbocycles. The molecule has 1 rings (SSSR count). The van der Waals surface area contributed by atoms with E-state index in [9.17, 15) is 9.36 Å². The molecule has 1 saturated heterocycles. The van der Waals surface area contributed by atoms with E-state index in [-0.39, 0.29) is 13.1 Å². The van der Waals surface area contributed by atoms with Crippen LogP contribution in [0.1, 0.15) is 6.92 Å². The maximum Gasteiger partial charge on any atom is 0.432 e. The van der Waals surface area contributed by atoms with E-state index in [2.05, 4.69) is 0 Å². The van der Waals surface area contributed by atoms with Gasteiger partial charge in [0, 0.05) is 13.1 Å². The minimum atomic E-state index is -4.50. The van der Waals surface area contributed by atoms with Crippen LogP contribution in [-0.2, 0) is 9.36 Å². The number of hydrogen-bond donors (Lipinski definition) is 4. The number of guanidine groups is 1. The number of rotatable bonds is 3. The second-order valence-corrected chi connectivity index (χ2v) is 4.68. The number of hydrogen-bond acceptors (Lipinski definition) is 3. The van der Waals surface area contributed by atoms with Gasteiger partial charge in [-0.2, -0.15) is 0 Å². The fraction of sp³-hybridized carbons (Fsp3) is 0.667. The highest BCUT2D eigenvalue weighted by Gasteiger charge is 2.39. The Morgan fingerprint density at radius 2 is 2.07 bits per heavy atom. The van der Waals surface area contributed by atoms with Crippen LogP contribution in [0.15, 0.2) is 0 Å². The lowest BCUT2D eigenvalue weighted by Gasteiger charge is -2.24. The predicted octanol–water partition coefficient (Wildman–Crippen LogP) is -0.895. The van der Waals surface area contributed by atoms with Crippen molar-refractivity contribution < 1.29 is 24.3 Å². The molecule has 0 bridgehead atoms. The molecule has 0 spiro atoms. The van der Waals surface area contributed by atoms with Gasteiger partial charge in [0.05, 0.1) is 0 Å². The summed E-state index contributed by atoms with van der Waals surface area (Å²) in [7, 11) is -4.50. The molecule has 9 heteroatoms. The summed E-state index contributed by atoms with van der Waals surface area (Å²) in [5, 5.41) is 16.1. The van der Waals surface area contributed by atoms with Gasteiger partial charge in [0.2, 0.25) is 5.96 Å². The Morgan fingerprint density at radius 3 is 2.40 bits per heavy atom. The summed E-state index contributed by atoms with van der Waals surface area (Å²) in [6, 6.07) is -0.964. The van der Waals surface area contributed by atoms with Crippen molar-refractivity contribution in [2.75, 3.05) is 13.1 Å². The van der Waals surface area contributed by atoms with E-state index in [0.717, 1.165) is 4.90 Å². The number of nitrogens with one attached hydrogen (secondary N) is 1. The molecule has 0 radical (unpaired) electrons. The van der Waals surface area contributed by atoms with Crippen molar-refractivity contribution in [2.45, 2.75) is 13.0 Å². The zero-order valence-corrected chi connectivity index (χ0v) is 8.89. The van der Waals surface area contributed by atoms with Gasteiger partial charge < -0.3 is 19.8 Å². The number of carboxylic acids is 1. The summed E-state index contributed by atoms with van der Waals surface area (Å²) in [6.07, 6.45) is 0. The van der Waals surface area contributed by atoms with Crippen LogP contribution >= 0.6 is 7.75 Å². The monoisotopic (exact) mass is 237 g/mol. The molecule has 1 unspecified atom stereocenters. The maximum absolute atomic E-state index is 10.9. The molecule has 0 amide bonds. The van der Waals surface area contributed by atoms with Crippen molar-refractivity contribution in [2.24, 2.45) is 0 Å². The molecule has 1 fully saturated rings. The third kappa shape index (κ3) is 2.28. The molecule has 0 aliphatic carbocycles. The van der Waals surface area contributed by atoms with Crippen LogP contribution in [0.25, 0.3) is 0 Å². The first-order valence-corrected chi connectivity index (χ1v) is 5.73. The number of carbonyl (C=O) groups is 1. The Kier molecular flexibility index (Phi) is 3.03. The molecular formula is C6H12N3O5P. The lowest BCUT2D eigenvalue weighted by atomic mass is 10.3. The third-order valence-corrected chi connectivity index (χ3v) is 3.23. The maximum atomic E-state index is 10.9. The first-order valence-electron chi connectivity index (χ1n) is 4.16. The van der Waals surface area contributed by atoms with Crippen molar-refractivity contribution in [1.29, 1.82) is 5.41 Å². The van der Waals surface area contributed by atoms with E-state index >= 15 is 0 Å². The summed E-state index contributed by atoms with van der Waals surface area (Å²) in [5.41, 5.74) is 0. The van der Waals surface area contributed by atoms with Gasteiger partial charge in [0.1, 0.15) is 6.04 Å². The molecule has 0 aromatic heterocycles. The zero-order chi connectivity index (χ0) is 11.8. The fourth-order valence-corrected chi connectivity index (χ4v) is 2.04. The SMILES string of the molecule is CC(C(=O)O)N1CCN(P(=O)(O)O)C1=N. The van der Waals surface area contributed by atoms with Crippen molar-refractivity contribution in [3.8, 4) is 0 Å². The third-order valence-electron chi connectivity index (χ3n) is 2.21. The highest BCUT2D eigenvalue weighted by Crippen LogP contribution is 2.42. The van der Waals surface area contributed by atoms with Crippen LogP contribution < -0.4 is 0 Å². The van der Waals surface area contributed by atoms with Crippen LogP contribution in [0.3, 0.4) is 0 Å². The van der Waals surface area contributed by atoms with Gasteiger partial charge in [0.25, 0.3) is 0 Å². The smallest absolute Gasteiger partial charge is 0.432 e. The van der Waals surface area contributed by atoms with E-state index in [0.29, 0.717) is 4.67 Å². The Balaban J connectivity index is 2.82. The molecule has 1 atom stereocenters. The lowest BCUT2D eigenvalue weighted by Crippen LogP contribution is -2.41. The van der Waals surface area contributed by atoms with Crippen LogP contribution in [0.5, 0.6) is 0 Å². The topological polar surface area (TPSA) is 125 Å². The van der Waals surface area contributed by atoms with Crippen molar-refractivity contribution >= 4 is 19.7 Å². The largest absolute Gasteiger partial charge is 0.480 e. The predicted molar refractivity (Wildman–Crippen MR) is 50.3 cm³/mol. The van der Waals surface area contributed by atoms with Gasteiger partial charge in [0.15, 0.2) is 0 Å². The molecule has 1 aliphatic rings. The van der Waals surface area contributed by atoms with Crippen LogP contribution in [-0.4, -0.2) is 55.5 Å². The minimum Gasteiger partial charge on any atom is -0.480 e. The van der Waals surface area contributed by atoms with E-state index < -0.39 is 25.7 Å². The average molecular weight is 237 g/mol. The zero-order valence-electron chi connectivity index (χ0n) is 7.99. The second-order valence-electron chi connectivity index (χ2n) is 3.17. The Labute approximate surface area is 85.8 Å². The Hall–Kier alpha value is -1.11. The number of carboxylic acid groups (broad SMARTS) is 1. The highest BCUT2D eigenvalue weighted by atomic mass is 31.2. The van der Waals surface area contributed by atoms with Crippen molar-refractivity contribution in [1.82, 2.24) is 9.57 Å². The van der Waals surface area contributed by atoms with E-state index in [1.165, 1.54) is 6.92 Å². The van der Waals surface area contributed by atoms with Crippen LogP contribution in [0.2, 0.25) is 0 Å². The molecular weight excluding hydrogens is 225 g/mol. The summed E-state index contributed by atoms with van der Waals surface area (Å²) < 4.78 is 11.5. The lowest BCUT2D eigenvalue weighted by molar-refractivity contribution is -0.141. The normalized spacial score (nSPS) is 19.5. The Bertz CT molecular complexity index is 340. The standard InChI is InChI=1S/C6H12N3O5P/c1-4(5(10)11)8-2-3-9(6(8)7)15(12,13)14/h4,7H,2-3H2,1H3,(H,10,11)(H2,12,13,14). The quantitative estimate of drug-likeness (QED) is 0.469. The number of aliphatic carboxylic acids is 1. The minimum absolute atomic E-state index is 0.0409. The summed E-state index contributed by atoms with van der Waals surface area (Å²) in [5.74, 6) is -1.58. The van der Waals surface area contributed by atoms with Gasteiger partial charge in [-0.05, 0) is 6.92 Å². The van der Waals surface area contributed by atoms with Gasteiger partial charge in [-0.3, -0.25) is 5.41 Å². The second kappa shape index (κ2) is 3.80. The molecule has 0 aromatic rings. The highest BCUT2D eigenvalue weighted by molar-refractivity contribution is 7.50. The average Bonchev–Trinajstić information content (AvgIpc) is 2.44. The van der Waals surface area contributed by atoms with Crippen molar-refractivity contribution in [3.05, 3.63) is 0 Å². The summed E-state index contributed by atoms with van der Waals surface area (Å²) in [4.78, 5) is 29.5. The van der Waals surface area contributed by atoms with Crippen molar-refractivity contribution in [3.63, 3.8) is 0 Å². The van der Waals surface area contributed by atoms with E-state index in [1.807, 2.05) is 0 Å². The van der Waals surface area contributed by atoms with Crippen LogP contribution in [0.4, 0.5) is 0 Å². The first-order chi connectivity index (χ1) is 6.75. The molecule has 1 heterocycles. The summed E-state index contributed by atoms with van der Waals surface area (Å²) in [6.45, 7) is 1.44. The van der Waals surface area contributed by atoms with Gasteiger partial charge in [-0.1, -0.05) is 0 Å². The molecule has 8 nitrogen and oxygen atoms in total. The summed E-state index contributed by atoms with van der Waals surface area (Å²) >= 11 is 0. The molecule has 1 aliphatic heterocycles. The van der Waals surface area contributed by atoms with E-state index in [4.69, 9.17) is 20.3 Å². The molecule has 86 valence electrons. The van der Waals surface area contributed by atoms with Gasteiger partial charge >= 0.3 is 13.7 Å². The van der Waals surface area contributed by atoms with Crippen LogP contribution in [0, 0.1) is 5.41 Å². The molecule has 0 saturated carbocycles. The van der Waals surface area contributed by atoms with E-state index in [1.54, 1.807) is 0 Å². The number of nitrogens with zero attached hydrogens (tertiary/aromatic N) is 2. The molecule has 15 heavy (non-hydrogen) atoms. The van der Waals surface area contributed by atoms with Gasteiger partial charge in [-0.25, -0.2) is 14.0 Å². The fourth-order valence-electron chi connectivity index (χ4n) is 1.33. The van der Waals surface area contributed by atoms with Gasteiger partial charge in [-0.15, -0.1) is 0 Å².